The number of rotatable bonds is 7. The van der Waals surface area contributed by atoms with E-state index in [0.29, 0.717) is 12.2 Å². The number of carbonyl (C=O) groups is 3. The number of esters is 1. The number of nitrogens with zero attached hydrogens (tertiary/aromatic N) is 1. The van der Waals surface area contributed by atoms with Gasteiger partial charge >= 0.3 is 18.2 Å². The van der Waals surface area contributed by atoms with E-state index in [2.05, 4.69) is 0 Å². The summed E-state index contributed by atoms with van der Waals surface area (Å²) in [4.78, 5) is 40.5. The number of methoxy groups -OCH3 is 1. The summed E-state index contributed by atoms with van der Waals surface area (Å²) >= 11 is 0. The van der Waals surface area contributed by atoms with Crippen LogP contribution in [0, 0.1) is 0 Å². The second kappa shape index (κ2) is 12.4. The Morgan fingerprint density at radius 1 is 0.821 bits per heavy atom. The van der Waals surface area contributed by atoms with Crippen molar-refractivity contribution < 1.29 is 38.1 Å². The van der Waals surface area contributed by atoms with E-state index >= 15 is 0 Å². The lowest BCUT2D eigenvalue weighted by Gasteiger charge is -2.30. The summed E-state index contributed by atoms with van der Waals surface area (Å²) < 4.78 is 27.9. The molecule has 3 atom stereocenters. The first-order valence-corrected chi connectivity index (χ1v) is 13.0. The van der Waals surface area contributed by atoms with E-state index in [1.54, 1.807) is 48.7 Å². The Morgan fingerprint density at radius 3 is 2.00 bits per heavy atom. The van der Waals surface area contributed by atoms with Crippen molar-refractivity contribution in [1.29, 1.82) is 0 Å². The predicted octanol–water partition coefficient (Wildman–Crippen LogP) is 5.33. The molecule has 2 aromatic carbocycles. The van der Waals surface area contributed by atoms with Crippen molar-refractivity contribution in [3.63, 3.8) is 0 Å². The van der Waals surface area contributed by atoms with Gasteiger partial charge in [0.15, 0.2) is 12.2 Å². The van der Waals surface area contributed by atoms with Crippen LogP contribution >= 0.6 is 0 Å². The van der Waals surface area contributed by atoms with Gasteiger partial charge in [-0.05, 0) is 71.2 Å². The standard InChI is InChI=1S/C30H39NO8/c1-29(2,3)38-27(33)31-19-24(36-28(34)39-30(4,5)6)26(37-25(32)18-20-11-9-8-10-12-20)23(31)17-21-13-15-22(35-7)16-14-21/h8-16,23-24,26H,17-19H2,1-7H3/t23-,24+,26+/m1/s1. The highest BCUT2D eigenvalue weighted by Crippen LogP contribution is 2.30. The zero-order valence-corrected chi connectivity index (χ0v) is 23.8. The fourth-order valence-electron chi connectivity index (χ4n) is 4.23. The minimum atomic E-state index is -0.963. The molecule has 1 amide bonds. The van der Waals surface area contributed by atoms with Gasteiger partial charge in [0.25, 0.3) is 0 Å². The van der Waals surface area contributed by atoms with Crippen LogP contribution in [0.2, 0.25) is 0 Å². The van der Waals surface area contributed by atoms with Gasteiger partial charge in [-0.1, -0.05) is 42.5 Å². The first-order valence-electron chi connectivity index (χ1n) is 13.0. The zero-order valence-electron chi connectivity index (χ0n) is 23.8. The van der Waals surface area contributed by atoms with E-state index in [9.17, 15) is 14.4 Å². The molecule has 0 aromatic heterocycles. The average Bonchev–Trinajstić information content (AvgIpc) is 3.14. The Labute approximate surface area is 230 Å². The Kier molecular flexibility index (Phi) is 9.48. The molecule has 39 heavy (non-hydrogen) atoms. The molecule has 0 bridgehead atoms. The van der Waals surface area contributed by atoms with E-state index in [4.69, 9.17) is 23.7 Å². The molecule has 212 valence electrons. The molecular formula is C30H39NO8. The van der Waals surface area contributed by atoms with Crippen LogP contribution in [0.1, 0.15) is 52.7 Å². The lowest BCUT2D eigenvalue weighted by Crippen LogP contribution is -2.45. The van der Waals surface area contributed by atoms with Gasteiger partial charge in [0, 0.05) is 0 Å². The molecule has 1 heterocycles. The van der Waals surface area contributed by atoms with Crippen LogP contribution in [-0.2, 0) is 36.6 Å². The van der Waals surface area contributed by atoms with E-state index < -0.39 is 47.7 Å². The molecule has 1 aliphatic rings. The summed E-state index contributed by atoms with van der Waals surface area (Å²) in [5, 5.41) is 0. The van der Waals surface area contributed by atoms with Gasteiger partial charge < -0.3 is 23.7 Å². The number of hydrogen-bond acceptors (Lipinski definition) is 8. The zero-order chi connectivity index (χ0) is 28.8. The molecule has 9 heteroatoms. The highest BCUT2D eigenvalue weighted by Gasteiger charge is 2.50. The van der Waals surface area contributed by atoms with Crippen molar-refractivity contribution in [2.24, 2.45) is 0 Å². The van der Waals surface area contributed by atoms with Crippen molar-refractivity contribution in [2.45, 2.75) is 83.8 Å². The molecule has 2 aromatic rings. The molecule has 0 saturated carbocycles. The van der Waals surface area contributed by atoms with Crippen molar-refractivity contribution in [2.75, 3.05) is 13.7 Å². The van der Waals surface area contributed by atoms with Gasteiger partial charge in [0.05, 0.1) is 26.1 Å². The monoisotopic (exact) mass is 541 g/mol. The first-order chi connectivity index (χ1) is 18.2. The average molecular weight is 542 g/mol. The summed E-state index contributed by atoms with van der Waals surface area (Å²) in [6.07, 6.45) is -3.08. The van der Waals surface area contributed by atoms with Crippen molar-refractivity contribution in [3.8, 4) is 5.75 Å². The fourth-order valence-corrected chi connectivity index (χ4v) is 4.23. The molecule has 3 rings (SSSR count). The molecule has 0 unspecified atom stereocenters. The summed E-state index contributed by atoms with van der Waals surface area (Å²) in [6.45, 7) is 10.4. The SMILES string of the molecule is COc1ccc(C[C@@H]2[C@H](OC(=O)Cc3ccccc3)[C@@H](OC(=O)OC(C)(C)C)CN2C(=O)OC(C)(C)C)cc1. The number of amides is 1. The Bertz CT molecular complexity index is 1120. The molecule has 0 spiro atoms. The minimum absolute atomic E-state index is 0.0260. The quantitative estimate of drug-likeness (QED) is 0.342. The van der Waals surface area contributed by atoms with Gasteiger partial charge in [0.2, 0.25) is 0 Å². The molecule has 1 fully saturated rings. The van der Waals surface area contributed by atoms with Crippen molar-refractivity contribution in [1.82, 2.24) is 4.90 Å². The predicted molar refractivity (Wildman–Crippen MR) is 145 cm³/mol. The number of benzene rings is 2. The highest BCUT2D eigenvalue weighted by atomic mass is 16.7. The number of hydrogen-bond donors (Lipinski definition) is 0. The van der Waals surface area contributed by atoms with Crippen LogP contribution in [0.15, 0.2) is 54.6 Å². The van der Waals surface area contributed by atoms with Crippen molar-refractivity contribution >= 4 is 18.2 Å². The summed E-state index contributed by atoms with van der Waals surface area (Å²) in [6, 6.07) is 15.9. The van der Waals surface area contributed by atoms with Crippen LogP contribution in [-0.4, -0.2) is 66.2 Å². The Morgan fingerprint density at radius 2 is 1.44 bits per heavy atom. The van der Waals surface area contributed by atoms with Gasteiger partial charge in [-0.15, -0.1) is 0 Å². The largest absolute Gasteiger partial charge is 0.509 e. The van der Waals surface area contributed by atoms with Crippen LogP contribution in [0.3, 0.4) is 0 Å². The molecule has 1 aliphatic heterocycles. The summed E-state index contributed by atoms with van der Waals surface area (Å²) in [5.41, 5.74) is 0.102. The van der Waals surface area contributed by atoms with Gasteiger partial charge in [-0.3, -0.25) is 9.69 Å². The third kappa shape index (κ3) is 9.19. The molecule has 0 N–H and O–H groups in total. The number of ether oxygens (including phenoxy) is 5. The van der Waals surface area contributed by atoms with Gasteiger partial charge in [0.1, 0.15) is 17.0 Å². The second-order valence-electron chi connectivity index (χ2n) is 11.5. The second-order valence-corrected chi connectivity index (χ2v) is 11.5. The smallest absolute Gasteiger partial charge is 0.497 e. The Hall–Kier alpha value is -3.75. The third-order valence-electron chi connectivity index (χ3n) is 5.85. The lowest BCUT2D eigenvalue weighted by molar-refractivity contribution is -0.155. The van der Waals surface area contributed by atoms with Crippen LogP contribution < -0.4 is 4.74 Å². The van der Waals surface area contributed by atoms with E-state index in [0.717, 1.165) is 11.1 Å². The highest BCUT2D eigenvalue weighted by molar-refractivity contribution is 5.74. The van der Waals surface area contributed by atoms with Crippen LogP contribution in [0.4, 0.5) is 9.59 Å². The molecule has 1 saturated heterocycles. The lowest BCUT2D eigenvalue weighted by atomic mass is 10.0. The number of likely N-dealkylation sites (tertiary alicyclic amines) is 1. The van der Waals surface area contributed by atoms with Crippen LogP contribution in [0.25, 0.3) is 0 Å². The number of carbonyl (C=O) groups excluding carboxylic acids is 3. The first kappa shape index (κ1) is 29.8. The maximum Gasteiger partial charge on any atom is 0.509 e. The molecule has 0 radical (unpaired) electrons. The molecule has 9 nitrogen and oxygen atoms in total. The minimum Gasteiger partial charge on any atom is -0.497 e. The van der Waals surface area contributed by atoms with E-state index in [1.807, 2.05) is 54.6 Å². The third-order valence-corrected chi connectivity index (χ3v) is 5.85. The van der Waals surface area contributed by atoms with Gasteiger partial charge in [-0.25, -0.2) is 9.59 Å². The molecular weight excluding hydrogens is 502 g/mol. The van der Waals surface area contributed by atoms with Gasteiger partial charge in [-0.2, -0.15) is 0 Å². The van der Waals surface area contributed by atoms with E-state index in [1.165, 1.54) is 4.90 Å². The maximum absolute atomic E-state index is 13.3. The normalized spacial score (nSPS) is 19.3. The van der Waals surface area contributed by atoms with Crippen molar-refractivity contribution in [3.05, 3.63) is 65.7 Å². The fraction of sp³-hybridized carbons (Fsp3) is 0.500. The summed E-state index contributed by atoms with van der Waals surface area (Å²) in [7, 11) is 1.58. The Balaban J connectivity index is 1.93. The topological polar surface area (TPSA) is 101 Å². The summed E-state index contributed by atoms with van der Waals surface area (Å²) in [5.74, 6) is 0.181. The maximum atomic E-state index is 13.3. The molecule has 0 aliphatic carbocycles. The van der Waals surface area contributed by atoms with Crippen LogP contribution in [0.5, 0.6) is 5.75 Å². The van der Waals surface area contributed by atoms with E-state index in [-0.39, 0.29) is 13.0 Å².